The molecule has 0 radical (unpaired) electrons. The van der Waals surface area contributed by atoms with Crippen LogP contribution in [0.25, 0.3) is 0 Å². The molecule has 80 valence electrons. The van der Waals surface area contributed by atoms with Gasteiger partial charge in [0.25, 0.3) is 0 Å². The number of hydrogen-bond acceptors (Lipinski definition) is 3. The Hall–Kier alpha value is -1.46. The van der Waals surface area contributed by atoms with Crippen molar-refractivity contribution in [3.63, 3.8) is 0 Å². The van der Waals surface area contributed by atoms with E-state index >= 15 is 0 Å². The summed E-state index contributed by atoms with van der Waals surface area (Å²) in [5.74, 6) is -0.471. The van der Waals surface area contributed by atoms with E-state index in [0.29, 0.717) is 5.56 Å². The molecule has 4 nitrogen and oxygen atoms in total. The van der Waals surface area contributed by atoms with Crippen molar-refractivity contribution in [2.24, 2.45) is 5.73 Å². The maximum Gasteiger partial charge on any atom is 0.224 e. The number of ketones is 1. The molecule has 0 saturated heterocycles. The minimum atomic E-state index is -1.84. The number of thiocarbonyl (C=S) groups is 1. The average molecular weight is 224 g/mol. The zero-order valence-corrected chi connectivity index (χ0v) is 9.04. The first-order valence-corrected chi connectivity index (χ1v) is 4.74. The summed E-state index contributed by atoms with van der Waals surface area (Å²) in [5, 5.41) is 12.4. The van der Waals surface area contributed by atoms with E-state index in [1.165, 1.54) is 6.92 Å². The van der Waals surface area contributed by atoms with E-state index in [1.807, 2.05) is 0 Å². The highest BCUT2D eigenvalue weighted by Gasteiger charge is 2.34. The normalized spacial score (nSPS) is 14.0. The second-order valence-corrected chi connectivity index (χ2v) is 3.56. The quantitative estimate of drug-likeness (QED) is 0.507. The molecule has 0 aliphatic carbocycles. The molecule has 4 N–H and O–H groups in total. The molecular weight excluding hydrogens is 212 g/mol. The molecule has 0 aliphatic heterocycles. The zero-order valence-electron chi connectivity index (χ0n) is 8.23. The van der Waals surface area contributed by atoms with Crippen LogP contribution in [-0.4, -0.2) is 16.0 Å². The van der Waals surface area contributed by atoms with Gasteiger partial charge in [-0.1, -0.05) is 30.3 Å². The predicted octanol–water partition coefficient (Wildman–Crippen LogP) is 0.254. The Morgan fingerprint density at radius 1 is 1.47 bits per heavy atom. The molecule has 0 aliphatic rings. The van der Waals surface area contributed by atoms with Crippen molar-refractivity contribution in [1.82, 2.24) is 5.32 Å². The van der Waals surface area contributed by atoms with Gasteiger partial charge in [0.1, 0.15) is 0 Å². The first-order chi connectivity index (χ1) is 6.97. The van der Waals surface area contributed by atoms with Crippen LogP contribution in [0, 0.1) is 0 Å². The number of benzene rings is 1. The van der Waals surface area contributed by atoms with Crippen molar-refractivity contribution in [1.29, 1.82) is 0 Å². The lowest BCUT2D eigenvalue weighted by atomic mass is 9.99. The Labute approximate surface area is 93.1 Å². The van der Waals surface area contributed by atoms with E-state index < -0.39 is 11.5 Å². The molecule has 15 heavy (non-hydrogen) atoms. The summed E-state index contributed by atoms with van der Waals surface area (Å²) in [4.78, 5) is 11.4. The number of carbonyl (C=O) groups is 1. The van der Waals surface area contributed by atoms with Gasteiger partial charge in [0.2, 0.25) is 5.72 Å². The van der Waals surface area contributed by atoms with E-state index in [4.69, 9.17) is 5.73 Å². The van der Waals surface area contributed by atoms with Gasteiger partial charge in [-0.25, -0.2) is 0 Å². The standard InChI is InChI=1S/C10H12N2O2S/c1-7(13)10(14,12-9(11)15)8-5-3-2-4-6-8/h2-6,14H,1H3,(H3,11,12,15). The molecule has 1 atom stereocenters. The molecule has 0 spiro atoms. The first kappa shape index (κ1) is 11.6. The van der Waals surface area contributed by atoms with Crippen LogP contribution in [0.5, 0.6) is 0 Å². The molecule has 0 fully saturated rings. The van der Waals surface area contributed by atoms with Crippen molar-refractivity contribution >= 4 is 23.1 Å². The lowest BCUT2D eigenvalue weighted by Crippen LogP contribution is -2.52. The zero-order chi connectivity index (χ0) is 11.5. The van der Waals surface area contributed by atoms with Crippen LogP contribution < -0.4 is 11.1 Å². The lowest BCUT2D eigenvalue weighted by Gasteiger charge is -2.26. The molecule has 5 heteroatoms. The van der Waals surface area contributed by atoms with Crippen LogP contribution in [0.15, 0.2) is 30.3 Å². The van der Waals surface area contributed by atoms with E-state index in [-0.39, 0.29) is 5.11 Å². The maximum absolute atomic E-state index is 11.4. The van der Waals surface area contributed by atoms with Gasteiger partial charge in [-0.05, 0) is 19.1 Å². The molecule has 0 saturated carbocycles. The third kappa shape index (κ3) is 2.51. The summed E-state index contributed by atoms with van der Waals surface area (Å²) in [7, 11) is 0. The number of nitrogens with one attached hydrogen (secondary N) is 1. The fourth-order valence-electron chi connectivity index (χ4n) is 1.22. The number of nitrogens with two attached hydrogens (primary N) is 1. The minimum absolute atomic E-state index is 0.128. The van der Waals surface area contributed by atoms with Crippen molar-refractivity contribution in [2.45, 2.75) is 12.6 Å². The average Bonchev–Trinajstić information content (AvgIpc) is 2.17. The third-order valence-corrected chi connectivity index (χ3v) is 2.11. The van der Waals surface area contributed by atoms with Crippen molar-refractivity contribution < 1.29 is 9.90 Å². The number of Topliss-reactive ketones (excluding diaryl/α,β-unsaturated/α-hetero) is 1. The van der Waals surface area contributed by atoms with Gasteiger partial charge in [0.05, 0.1) is 0 Å². The summed E-state index contributed by atoms with van der Waals surface area (Å²) in [5.41, 5.74) is 3.83. The Morgan fingerprint density at radius 2 is 2.00 bits per heavy atom. The third-order valence-electron chi connectivity index (χ3n) is 2.01. The lowest BCUT2D eigenvalue weighted by molar-refractivity contribution is -0.137. The number of carbonyl (C=O) groups excluding carboxylic acids is 1. The minimum Gasteiger partial charge on any atom is -0.376 e. The summed E-state index contributed by atoms with van der Waals surface area (Å²) in [6.07, 6.45) is 0. The highest BCUT2D eigenvalue weighted by Crippen LogP contribution is 2.18. The van der Waals surface area contributed by atoms with Gasteiger partial charge in [-0.3, -0.25) is 4.79 Å². The topological polar surface area (TPSA) is 75.3 Å². The van der Waals surface area contributed by atoms with Crippen molar-refractivity contribution in [3.05, 3.63) is 35.9 Å². The molecule has 0 aromatic heterocycles. The van der Waals surface area contributed by atoms with Crippen LogP contribution in [0.3, 0.4) is 0 Å². The molecule has 1 rings (SSSR count). The first-order valence-electron chi connectivity index (χ1n) is 4.33. The molecular formula is C10H12N2O2S. The number of aliphatic hydroxyl groups is 1. The van der Waals surface area contributed by atoms with Gasteiger partial charge in [0, 0.05) is 5.56 Å². The van der Waals surface area contributed by atoms with Crippen LogP contribution in [0.2, 0.25) is 0 Å². The maximum atomic E-state index is 11.4. The summed E-state index contributed by atoms with van der Waals surface area (Å²) >= 11 is 4.62. The summed E-state index contributed by atoms with van der Waals surface area (Å²) in [6.45, 7) is 1.26. The summed E-state index contributed by atoms with van der Waals surface area (Å²) < 4.78 is 0. The Bertz CT molecular complexity index is 380. The molecule has 1 unspecified atom stereocenters. The molecule has 0 bridgehead atoms. The number of rotatable bonds is 3. The van der Waals surface area contributed by atoms with Gasteiger partial charge < -0.3 is 16.2 Å². The molecule has 1 aromatic carbocycles. The van der Waals surface area contributed by atoms with E-state index in [9.17, 15) is 9.90 Å². The van der Waals surface area contributed by atoms with E-state index in [0.717, 1.165) is 0 Å². The second kappa shape index (κ2) is 4.37. The smallest absolute Gasteiger partial charge is 0.224 e. The summed E-state index contributed by atoms with van der Waals surface area (Å²) in [6, 6.07) is 8.44. The molecule has 0 amide bonds. The SMILES string of the molecule is CC(=O)C(O)(NC(N)=S)c1ccccc1. The van der Waals surface area contributed by atoms with E-state index in [2.05, 4.69) is 17.5 Å². The second-order valence-electron chi connectivity index (χ2n) is 3.12. The van der Waals surface area contributed by atoms with Crippen LogP contribution >= 0.6 is 12.2 Å². The fraction of sp³-hybridized carbons (Fsp3) is 0.200. The molecule has 0 heterocycles. The highest BCUT2D eigenvalue weighted by atomic mass is 32.1. The van der Waals surface area contributed by atoms with Crippen LogP contribution in [0.1, 0.15) is 12.5 Å². The van der Waals surface area contributed by atoms with Crippen molar-refractivity contribution in [3.8, 4) is 0 Å². The Morgan fingerprint density at radius 3 is 2.40 bits per heavy atom. The van der Waals surface area contributed by atoms with Crippen LogP contribution in [0.4, 0.5) is 0 Å². The van der Waals surface area contributed by atoms with Gasteiger partial charge in [-0.15, -0.1) is 0 Å². The van der Waals surface area contributed by atoms with E-state index in [1.54, 1.807) is 30.3 Å². The Balaban J connectivity index is 3.13. The Kier molecular flexibility index (Phi) is 3.39. The monoisotopic (exact) mass is 224 g/mol. The largest absolute Gasteiger partial charge is 0.376 e. The van der Waals surface area contributed by atoms with Gasteiger partial charge in [0.15, 0.2) is 10.9 Å². The van der Waals surface area contributed by atoms with Crippen molar-refractivity contribution in [2.75, 3.05) is 0 Å². The van der Waals surface area contributed by atoms with Gasteiger partial charge >= 0.3 is 0 Å². The predicted molar refractivity (Wildman–Crippen MR) is 60.9 cm³/mol. The fourth-order valence-corrected chi connectivity index (χ4v) is 1.37. The van der Waals surface area contributed by atoms with Crippen LogP contribution in [-0.2, 0) is 10.5 Å². The number of hydrogen-bond donors (Lipinski definition) is 3. The molecule has 1 aromatic rings. The van der Waals surface area contributed by atoms with Gasteiger partial charge in [-0.2, -0.15) is 0 Å². The highest BCUT2D eigenvalue weighted by molar-refractivity contribution is 7.80.